The van der Waals surface area contributed by atoms with E-state index in [0.29, 0.717) is 23.4 Å². The smallest absolute Gasteiger partial charge is 0.145 e. The van der Waals surface area contributed by atoms with Crippen molar-refractivity contribution >= 4 is 6.21 Å². The van der Waals surface area contributed by atoms with Crippen LogP contribution in [0.25, 0.3) is 0 Å². The number of hydrogen-bond acceptors (Lipinski definition) is 6. The van der Waals surface area contributed by atoms with Crippen LogP contribution < -0.4 is 4.74 Å². The average molecular weight is 343 g/mol. The van der Waals surface area contributed by atoms with Crippen LogP contribution in [0, 0.1) is 6.92 Å². The molecule has 1 atom stereocenters. The van der Waals surface area contributed by atoms with Crippen molar-refractivity contribution in [3.63, 3.8) is 0 Å². The molecule has 134 valence electrons. The van der Waals surface area contributed by atoms with Gasteiger partial charge < -0.3 is 19.8 Å². The fourth-order valence-electron chi connectivity index (χ4n) is 2.58. The van der Waals surface area contributed by atoms with Crippen molar-refractivity contribution < 1.29 is 14.9 Å². The largest absolute Gasteiger partial charge is 0.505 e. The third-order valence-corrected chi connectivity index (χ3v) is 4.13. The Hall–Kier alpha value is -2.44. The second-order valence-corrected chi connectivity index (χ2v) is 6.04. The molecule has 0 radical (unpaired) electrons. The molecular weight excluding hydrogens is 318 g/mol. The van der Waals surface area contributed by atoms with Crippen molar-refractivity contribution in [2.45, 2.75) is 19.6 Å². The maximum Gasteiger partial charge on any atom is 0.145 e. The van der Waals surface area contributed by atoms with Gasteiger partial charge in [-0.05, 0) is 38.7 Å². The number of aliphatic imine (C=N–C) groups is 1. The van der Waals surface area contributed by atoms with Crippen LogP contribution in [-0.2, 0) is 6.61 Å². The molecule has 1 aromatic carbocycles. The fourth-order valence-corrected chi connectivity index (χ4v) is 2.58. The van der Waals surface area contributed by atoms with Gasteiger partial charge >= 0.3 is 0 Å². The monoisotopic (exact) mass is 343 g/mol. The van der Waals surface area contributed by atoms with Gasteiger partial charge in [-0.25, -0.2) is 0 Å². The highest BCUT2D eigenvalue weighted by atomic mass is 16.5. The number of aromatic hydroxyl groups is 1. The van der Waals surface area contributed by atoms with Crippen LogP contribution in [0.15, 0.2) is 35.5 Å². The van der Waals surface area contributed by atoms with Crippen molar-refractivity contribution in [1.29, 1.82) is 0 Å². The zero-order valence-electron chi connectivity index (χ0n) is 15.1. The number of hydrogen-bond donors (Lipinski definition) is 2. The lowest BCUT2D eigenvalue weighted by Crippen LogP contribution is -2.22. The summed E-state index contributed by atoms with van der Waals surface area (Å²) >= 11 is 0. The summed E-state index contributed by atoms with van der Waals surface area (Å²) in [7, 11) is 5.63. The predicted octanol–water partition coefficient (Wildman–Crippen LogP) is 2.32. The molecule has 0 aliphatic rings. The molecule has 6 heteroatoms. The fraction of sp³-hybridized carbons (Fsp3) is 0.368. The summed E-state index contributed by atoms with van der Waals surface area (Å²) in [5.41, 5.74) is 2.67. The Morgan fingerprint density at radius 3 is 2.76 bits per heavy atom. The summed E-state index contributed by atoms with van der Waals surface area (Å²) in [6.07, 6.45) is 3.16. The summed E-state index contributed by atoms with van der Waals surface area (Å²) < 4.78 is 5.29. The van der Waals surface area contributed by atoms with E-state index in [0.717, 1.165) is 11.3 Å². The van der Waals surface area contributed by atoms with Gasteiger partial charge in [-0.2, -0.15) is 0 Å². The number of rotatable bonds is 7. The van der Waals surface area contributed by atoms with Gasteiger partial charge in [-0.3, -0.25) is 9.98 Å². The van der Waals surface area contributed by atoms with E-state index >= 15 is 0 Å². The summed E-state index contributed by atoms with van der Waals surface area (Å²) in [6.45, 7) is 2.02. The molecular formula is C19H25N3O3. The number of methoxy groups -OCH3 is 1. The molecule has 0 saturated carbocycles. The molecule has 2 rings (SSSR count). The minimum absolute atomic E-state index is 0.0538. The second kappa shape index (κ2) is 8.60. The Morgan fingerprint density at radius 2 is 2.12 bits per heavy atom. The highest BCUT2D eigenvalue weighted by Gasteiger charge is 2.15. The SMILES string of the molecule is COc1cccc([C@H](CN=Cc2c(CO)cnc(C)c2O)N(C)C)c1. The van der Waals surface area contributed by atoms with Gasteiger partial charge in [0.15, 0.2) is 0 Å². The molecule has 1 heterocycles. The molecule has 0 saturated heterocycles. The van der Waals surface area contributed by atoms with Crippen molar-refractivity contribution in [2.75, 3.05) is 27.7 Å². The molecule has 0 aliphatic heterocycles. The zero-order valence-corrected chi connectivity index (χ0v) is 15.1. The Kier molecular flexibility index (Phi) is 6.50. The van der Waals surface area contributed by atoms with Crippen LogP contribution in [0.3, 0.4) is 0 Å². The number of pyridine rings is 1. The van der Waals surface area contributed by atoms with Crippen LogP contribution >= 0.6 is 0 Å². The molecule has 2 N–H and O–H groups in total. The number of aliphatic hydroxyl groups excluding tert-OH is 1. The lowest BCUT2D eigenvalue weighted by atomic mass is 10.1. The molecule has 2 aromatic rings. The number of nitrogens with zero attached hydrogens (tertiary/aromatic N) is 3. The Morgan fingerprint density at radius 1 is 1.36 bits per heavy atom. The third-order valence-electron chi connectivity index (χ3n) is 4.13. The summed E-state index contributed by atoms with van der Waals surface area (Å²) in [5, 5.41) is 19.6. The van der Waals surface area contributed by atoms with Gasteiger partial charge in [-0.1, -0.05) is 12.1 Å². The van der Waals surface area contributed by atoms with Gasteiger partial charge in [0, 0.05) is 23.5 Å². The first-order chi connectivity index (χ1) is 12.0. The van der Waals surface area contributed by atoms with Crippen molar-refractivity contribution in [3.8, 4) is 11.5 Å². The van der Waals surface area contributed by atoms with E-state index < -0.39 is 0 Å². The summed E-state index contributed by atoms with van der Waals surface area (Å²) in [4.78, 5) is 10.6. The van der Waals surface area contributed by atoms with Crippen LogP contribution in [-0.4, -0.2) is 54.1 Å². The van der Waals surface area contributed by atoms with Crippen LogP contribution in [0.1, 0.15) is 28.4 Å². The van der Waals surface area contributed by atoms with Crippen molar-refractivity contribution in [1.82, 2.24) is 9.88 Å². The molecule has 0 fully saturated rings. The highest BCUT2D eigenvalue weighted by molar-refractivity contribution is 5.85. The summed E-state index contributed by atoms with van der Waals surface area (Å²) in [6, 6.07) is 7.96. The highest BCUT2D eigenvalue weighted by Crippen LogP contribution is 2.24. The van der Waals surface area contributed by atoms with E-state index in [4.69, 9.17) is 4.74 Å². The molecule has 0 spiro atoms. The van der Waals surface area contributed by atoms with Gasteiger partial charge in [0.05, 0.1) is 32.0 Å². The first-order valence-electron chi connectivity index (χ1n) is 8.06. The minimum Gasteiger partial charge on any atom is -0.505 e. The number of ether oxygens (including phenoxy) is 1. The van der Waals surface area contributed by atoms with Crippen LogP contribution in [0.2, 0.25) is 0 Å². The third kappa shape index (κ3) is 4.55. The second-order valence-electron chi connectivity index (χ2n) is 6.04. The van der Waals surface area contributed by atoms with E-state index in [1.165, 1.54) is 0 Å². The lowest BCUT2D eigenvalue weighted by molar-refractivity contribution is 0.280. The lowest BCUT2D eigenvalue weighted by Gasteiger charge is -2.23. The Labute approximate surface area is 148 Å². The molecule has 0 bridgehead atoms. The topological polar surface area (TPSA) is 78.2 Å². The molecule has 1 aromatic heterocycles. The van der Waals surface area contributed by atoms with E-state index in [2.05, 4.69) is 14.9 Å². The van der Waals surface area contributed by atoms with Gasteiger partial charge in [0.2, 0.25) is 0 Å². The van der Waals surface area contributed by atoms with Crippen molar-refractivity contribution in [2.24, 2.45) is 4.99 Å². The number of aryl methyl sites for hydroxylation is 1. The number of aromatic nitrogens is 1. The van der Waals surface area contributed by atoms with Gasteiger partial charge in [0.1, 0.15) is 11.5 Å². The maximum atomic E-state index is 10.2. The minimum atomic E-state index is -0.199. The Bertz CT molecular complexity index is 745. The van der Waals surface area contributed by atoms with E-state index in [-0.39, 0.29) is 18.4 Å². The first kappa shape index (κ1) is 18.9. The standard InChI is InChI=1S/C19H25N3O3/c1-13-19(24)17(15(12-23)9-21-13)10-20-11-18(22(2)3)14-6-5-7-16(8-14)25-4/h5-10,18,23-24H,11-12H2,1-4H3/t18-/m0/s1. The molecule has 0 amide bonds. The van der Waals surface area contributed by atoms with Gasteiger partial charge in [-0.15, -0.1) is 0 Å². The molecule has 25 heavy (non-hydrogen) atoms. The maximum absolute atomic E-state index is 10.2. The quantitative estimate of drug-likeness (QED) is 0.755. The van der Waals surface area contributed by atoms with E-state index in [1.54, 1.807) is 26.4 Å². The first-order valence-corrected chi connectivity index (χ1v) is 8.06. The van der Waals surface area contributed by atoms with E-state index in [9.17, 15) is 10.2 Å². The van der Waals surface area contributed by atoms with E-state index in [1.807, 2.05) is 38.4 Å². The Balaban J connectivity index is 2.25. The average Bonchev–Trinajstić information content (AvgIpc) is 2.61. The normalized spacial score (nSPS) is 12.7. The van der Waals surface area contributed by atoms with Crippen LogP contribution in [0.4, 0.5) is 0 Å². The number of aliphatic hydroxyl groups is 1. The molecule has 6 nitrogen and oxygen atoms in total. The number of likely N-dealkylation sites (N-methyl/N-ethyl adjacent to an activating group) is 1. The zero-order chi connectivity index (χ0) is 18.4. The number of benzene rings is 1. The summed E-state index contributed by atoms with van der Waals surface area (Å²) in [5.74, 6) is 0.858. The van der Waals surface area contributed by atoms with Crippen LogP contribution in [0.5, 0.6) is 11.5 Å². The molecule has 0 unspecified atom stereocenters. The predicted molar refractivity (Wildman–Crippen MR) is 98.4 cm³/mol. The van der Waals surface area contributed by atoms with Gasteiger partial charge in [0.25, 0.3) is 0 Å². The van der Waals surface area contributed by atoms with Crippen molar-refractivity contribution in [3.05, 3.63) is 52.8 Å². The molecule has 0 aliphatic carbocycles.